The average Bonchev–Trinajstić information content (AvgIpc) is 3.13. The Labute approximate surface area is 118 Å². The second-order valence-electron chi connectivity index (χ2n) is 6.28. The van der Waals surface area contributed by atoms with Gasteiger partial charge in [-0.25, -0.2) is 0 Å². The topological polar surface area (TPSA) is 49.9 Å². The highest BCUT2D eigenvalue weighted by Crippen LogP contribution is 2.52. The molecule has 3 fully saturated rings. The molecule has 5 heteroatoms. The van der Waals surface area contributed by atoms with Crippen LogP contribution in [0.2, 0.25) is 0 Å². The lowest BCUT2D eigenvalue weighted by Gasteiger charge is -2.28. The van der Waals surface area contributed by atoms with E-state index in [9.17, 15) is 9.59 Å². The first-order valence-electron chi connectivity index (χ1n) is 7.59. The van der Waals surface area contributed by atoms with E-state index in [2.05, 4.69) is 17.1 Å². The van der Waals surface area contributed by atoms with E-state index in [1.165, 1.54) is 4.90 Å². The fourth-order valence-corrected chi connectivity index (χ4v) is 4.25. The van der Waals surface area contributed by atoms with Crippen molar-refractivity contribution >= 4 is 11.8 Å². The molecule has 0 unspecified atom stereocenters. The summed E-state index contributed by atoms with van der Waals surface area (Å²) in [6, 6.07) is 0. The Bertz CT molecular complexity index is 440. The number of amides is 2. The fourth-order valence-electron chi connectivity index (χ4n) is 4.25. The summed E-state index contributed by atoms with van der Waals surface area (Å²) in [4.78, 5) is 28.8. The van der Waals surface area contributed by atoms with Crippen molar-refractivity contribution in [1.29, 1.82) is 0 Å². The second kappa shape index (κ2) is 4.67. The summed E-state index contributed by atoms with van der Waals surface area (Å²) < 4.78 is 5.31. The zero-order valence-corrected chi connectivity index (χ0v) is 11.5. The van der Waals surface area contributed by atoms with Crippen LogP contribution in [0.15, 0.2) is 12.2 Å². The molecule has 1 saturated carbocycles. The van der Waals surface area contributed by atoms with Crippen molar-refractivity contribution in [3.8, 4) is 0 Å². The molecule has 20 heavy (non-hydrogen) atoms. The van der Waals surface area contributed by atoms with Gasteiger partial charge in [-0.05, 0) is 18.3 Å². The van der Waals surface area contributed by atoms with Crippen LogP contribution in [0.3, 0.4) is 0 Å². The number of ether oxygens (including phenoxy) is 1. The molecule has 0 aromatic heterocycles. The van der Waals surface area contributed by atoms with Crippen LogP contribution in [0.4, 0.5) is 0 Å². The number of likely N-dealkylation sites (tertiary alicyclic amines) is 1. The molecule has 2 amide bonds. The smallest absolute Gasteiger partial charge is 0.233 e. The molecule has 0 radical (unpaired) electrons. The summed E-state index contributed by atoms with van der Waals surface area (Å²) in [6.07, 6.45) is 5.29. The van der Waals surface area contributed by atoms with E-state index in [0.717, 1.165) is 39.3 Å². The number of morpholine rings is 1. The largest absolute Gasteiger partial charge is 0.379 e. The molecule has 4 rings (SSSR count). The van der Waals surface area contributed by atoms with Gasteiger partial charge in [0.05, 0.1) is 25.0 Å². The Balaban J connectivity index is 1.42. The summed E-state index contributed by atoms with van der Waals surface area (Å²) in [5.74, 6) is 0.671. The zero-order chi connectivity index (χ0) is 13.7. The Morgan fingerprint density at radius 2 is 1.60 bits per heavy atom. The fraction of sp³-hybridized carbons (Fsp3) is 0.733. The van der Waals surface area contributed by atoms with Crippen LogP contribution in [0.25, 0.3) is 0 Å². The number of rotatable bonds is 3. The first-order chi connectivity index (χ1) is 9.75. The molecule has 4 aliphatic rings. The summed E-state index contributed by atoms with van der Waals surface area (Å²) >= 11 is 0. The van der Waals surface area contributed by atoms with Crippen LogP contribution in [0.5, 0.6) is 0 Å². The number of imide groups is 1. The predicted octanol–water partition coefficient (Wildman–Crippen LogP) is 0.126. The van der Waals surface area contributed by atoms with Gasteiger partial charge >= 0.3 is 0 Å². The third-order valence-electron chi connectivity index (χ3n) is 5.31. The monoisotopic (exact) mass is 276 g/mol. The summed E-state index contributed by atoms with van der Waals surface area (Å²) in [5, 5.41) is 0. The van der Waals surface area contributed by atoms with Crippen LogP contribution < -0.4 is 0 Å². The van der Waals surface area contributed by atoms with E-state index in [4.69, 9.17) is 4.74 Å². The Hall–Kier alpha value is -1.20. The number of allylic oxidation sites excluding steroid dienone is 2. The molecule has 2 heterocycles. The minimum Gasteiger partial charge on any atom is -0.379 e. The van der Waals surface area contributed by atoms with E-state index in [1.54, 1.807) is 0 Å². The SMILES string of the molecule is O=C1[C@H]2[C@H](C(=O)N1CCN1CCOCC1)[C@H]1C=C[C@H]2C1. The van der Waals surface area contributed by atoms with Gasteiger partial charge in [-0.1, -0.05) is 12.2 Å². The van der Waals surface area contributed by atoms with Gasteiger partial charge < -0.3 is 4.74 Å². The van der Waals surface area contributed by atoms with Crippen LogP contribution >= 0.6 is 0 Å². The summed E-state index contributed by atoms with van der Waals surface area (Å²) in [5.41, 5.74) is 0. The van der Waals surface area contributed by atoms with E-state index >= 15 is 0 Å². The molecule has 0 aromatic carbocycles. The van der Waals surface area contributed by atoms with Crippen molar-refractivity contribution < 1.29 is 14.3 Å². The standard InChI is InChI=1S/C15H20N2O3/c18-14-12-10-1-2-11(9-10)13(12)15(19)17(14)4-3-16-5-7-20-8-6-16/h1-2,10-13H,3-9H2/t10-,11-,12+,13+/m0/s1. The van der Waals surface area contributed by atoms with Crippen LogP contribution in [-0.2, 0) is 14.3 Å². The highest BCUT2D eigenvalue weighted by Gasteiger charge is 2.58. The first kappa shape index (κ1) is 12.5. The van der Waals surface area contributed by atoms with Crippen LogP contribution in [0.1, 0.15) is 6.42 Å². The summed E-state index contributed by atoms with van der Waals surface area (Å²) in [7, 11) is 0. The molecule has 0 aromatic rings. The first-order valence-corrected chi connectivity index (χ1v) is 7.59. The van der Waals surface area contributed by atoms with Crippen molar-refractivity contribution in [2.24, 2.45) is 23.7 Å². The minimum absolute atomic E-state index is 0.0535. The van der Waals surface area contributed by atoms with E-state index in [0.29, 0.717) is 18.4 Å². The van der Waals surface area contributed by atoms with Crippen molar-refractivity contribution in [1.82, 2.24) is 9.80 Å². The lowest BCUT2D eigenvalue weighted by Crippen LogP contribution is -2.43. The van der Waals surface area contributed by atoms with Crippen molar-refractivity contribution in [2.45, 2.75) is 6.42 Å². The number of fused-ring (bicyclic) bond motifs is 5. The zero-order valence-electron chi connectivity index (χ0n) is 11.5. The Morgan fingerprint density at radius 1 is 1.00 bits per heavy atom. The molecule has 2 aliphatic carbocycles. The van der Waals surface area contributed by atoms with Gasteiger partial charge in [-0.15, -0.1) is 0 Å². The van der Waals surface area contributed by atoms with Gasteiger partial charge in [0.25, 0.3) is 0 Å². The maximum absolute atomic E-state index is 12.5. The molecule has 2 aliphatic heterocycles. The molecule has 5 nitrogen and oxygen atoms in total. The molecule has 2 saturated heterocycles. The maximum Gasteiger partial charge on any atom is 0.233 e. The maximum atomic E-state index is 12.5. The third-order valence-corrected chi connectivity index (χ3v) is 5.31. The molecular formula is C15H20N2O3. The molecule has 2 bridgehead atoms. The molecule has 108 valence electrons. The van der Waals surface area contributed by atoms with Crippen molar-refractivity contribution in [3.63, 3.8) is 0 Å². The van der Waals surface area contributed by atoms with Crippen LogP contribution in [0, 0.1) is 23.7 Å². The highest BCUT2D eigenvalue weighted by atomic mass is 16.5. The number of hydrogen-bond donors (Lipinski definition) is 0. The second-order valence-corrected chi connectivity index (χ2v) is 6.28. The van der Waals surface area contributed by atoms with Gasteiger partial charge in [0.15, 0.2) is 0 Å². The molecule has 0 N–H and O–H groups in total. The van der Waals surface area contributed by atoms with E-state index in [-0.39, 0.29) is 23.7 Å². The van der Waals surface area contributed by atoms with Gasteiger partial charge in [0.1, 0.15) is 0 Å². The third kappa shape index (κ3) is 1.76. The number of carbonyl (C=O) groups is 2. The summed E-state index contributed by atoms with van der Waals surface area (Å²) in [6.45, 7) is 4.63. The minimum atomic E-state index is -0.0535. The van der Waals surface area contributed by atoms with E-state index < -0.39 is 0 Å². The molecular weight excluding hydrogens is 256 g/mol. The van der Waals surface area contributed by atoms with Crippen LogP contribution in [-0.4, -0.2) is 61.0 Å². The van der Waals surface area contributed by atoms with Crippen molar-refractivity contribution in [3.05, 3.63) is 12.2 Å². The lowest BCUT2D eigenvalue weighted by molar-refractivity contribution is -0.141. The van der Waals surface area contributed by atoms with Gasteiger partial charge in [0, 0.05) is 26.2 Å². The number of hydrogen-bond acceptors (Lipinski definition) is 4. The van der Waals surface area contributed by atoms with Gasteiger partial charge in [0.2, 0.25) is 11.8 Å². The quantitative estimate of drug-likeness (QED) is 0.543. The number of nitrogens with zero attached hydrogens (tertiary/aromatic N) is 2. The normalized spacial score (nSPS) is 39.9. The Morgan fingerprint density at radius 3 is 2.20 bits per heavy atom. The predicted molar refractivity (Wildman–Crippen MR) is 71.7 cm³/mol. The van der Waals surface area contributed by atoms with Crippen molar-refractivity contribution in [2.75, 3.05) is 39.4 Å². The molecule has 4 atom stereocenters. The van der Waals surface area contributed by atoms with Gasteiger partial charge in [-0.2, -0.15) is 0 Å². The highest BCUT2D eigenvalue weighted by molar-refractivity contribution is 6.06. The number of carbonyl (C=O) groups excluding carboxylic acids is 2. The Kier molecular flexibility index (Phi) is 2.93. The van der Waals surface area contributed by atoms with E-state index in [1.807, 2.05) is 0 Å². The van der Waals surface area contributed by atoms with Gasteiger partial charge in [-0.3, -0.25) is 19.4 Å². The average molecular weight is 276 g/mol. The lowest BCUT2D eigenvalue weighted by atomic mass is 9.85. The molecule has 0 spiro atoms.